The number of rotatable bonds is 1. The summed E-state index contributed by atoms with van der Waals surface area (Å²) in [5, 5.41) is 6.59. The Balaban J connectivity index is 1.92. The average molecular weight is 191 g/mol. The molecule has 0 aliphatic carbocycles. The van der Waals surface area contributed by atoms with Gasteiger partial charge < -0.3 is 15.4 Å². The third kappa shape index (κ3) is 1.23. The van der Waals surface area contributed by atoms with Gasteiger partial charge in [0.2, 0.25) is 5.88 Å². The Kier molecular flexibility index (Phi) is 1.80. The molecule has 1 aromatic heterocycles. The van der Waals surface area contributed by atoms with E-state index < -0.39 is 0 Å². The average Bonchev–Trinajstić information content (AvgIpc) is 2.15. The lowest BCUT2D eigenvalue weighted by atomic mass is 10.0. The summed E-state index contributed by atoms with van der Waals surface area (Å²) >= 11 is 0. The fourth-order valence-electron chi connectivity index (χ4n) is 1.77. The quantitative estimate of drug-likeness (QED) is 0.693. The summed E-state index contributed by atoms with van der Waals surface area (Å²) in [4.78, 5) is 4.49. The highest BCUT2D eigenvalue weighted by molar-refractivity contribution is 5.54. The molecule has 1 saturated heterocycles. The first-order valence-electron chi connectivity index (χ1n) is 5.04. The Labute approximate surface area is 82.7 Å². The SMILES string of the molecule is c1cc2c(nc1C1CCN1)OCCN2. The van der Waals surface area contributed by atoms with Crippen molar-refractivity contribution < 1.29 is 4.74 Å². The molecule has 0 spiro atoms. The summed E-state index contributed by atoms with van der Waals surface area (Å²) in [6.07, 6.45) is 1.18. The third-order valence-electron chi connectivity index (χ3n) is 2.72. The van der Waals surface area contributed by atoms with E-state index in [0.717, 1.165) is 30.4 Å². The number of pyridine rings is 1. The summed E-state index contributed by atoms with van der Waals surface area (Å²) in [5.41, 5.74) is 2.11. The Morgan fingerprint density at radius 3 is 3.07 bits per heavy atom. The van der Waals surface area contributed by atoms with Gasteiger partial charge in [-0.1, -0.05) is 0 Å². The second kappa shape index (κ2) is 3.13. The Bertz CT molecular complexity index is 349. The minimum atomic E-state index is 0.436. The zero-order valence-corrected chi connectivity index (χ0v) is 7.92. The van der Waals surface area contributed by atoms with Gasteiger partial charge in [0.05, 0.1) is 17.4 Å². The monoisotopic (exact) mass is 191 g/mol. The van der Waals surface area contributed by atoms with Gasteiger partial charge in [0.1, 0.15) is 6.61 Å². The molecule has 4 nitrogen and oxygen atoms in total. The van der Waals surface area contributed by atoms with Crippen LogP contribution < -0.4 is 15.4 Å². The van der Waals surface area contributed by atoms with Crippen LogP contribution in [0.4, 0.5) is 5.69 Å². The largest absolute Gasteiger partial charge is 0.474 e. The van der Waals surface area contributed by atoms with Gasteiger partial charge in [-0.25, -0.2) is 4.98 Å². The van der Waals surface area contributed by atoms with Crippen LogP contribution in [0.1, 0.15) is 18.2 Å². The van der Waals surface area contributed by atoms with Gasteiger partial charge in [-0.15, -0.1) is 0 Å². The maximum absolute atomic E-state index is 5.48. The van der Waals surface area contributed by atoms with Gasteiger partial charge in [-0.05, 0) is 25.1 Å². The molecule has 0 radical (unpaired) electrons. The van der Waals surface area contributed by atoms with Crippen LogP contribution in [-0.2, 0) is 0 Å². The highest BCUT2D eigenvalue weighted by atomic mass is 16.5. The lowest BCUT2D eigenvalue weighted by Crippen LogP contribution is -2.35. The first-order valence-corrected chi connectivity index (χ1v) is 5.04. The first-order chi connectivity index (χ1) is 6.93. The van der Waals surface area contributed by atoms with Crippen LogP contribution >= 0.6 is 0 Å². The Morgan fingerprint density at radius 2 is 2.29 bits per heavy atom. The van der Waals surface area contributed by atoms with Gasteiger partial charge in [0.25, 0.3) is 0 Å². The predicted molar refractivity (Wildman–Crippen MR) is 53.6 cm³/mol. The summed E-state index contributed by atoms with van der Waals surface area (Å²) < 4.78 is 5.48. The molecule has 1 atom stereocenters. The van der Waals surface area contributed by atoms with Crippen LogP contribution in [0.25, 0.3) is 0 Å². The zero-order chi connectivity index (χ0) is 9.38. The van der Waals surface area contributed by atoms with E-state index in [-0.39, 0.29) is 0 Å². The zero-order valence-electron chi connectivity index (χ0n) is 7.92. The molecule has 2 aliphatic heterocycles. The number of fused-ring (bicyclic) bond motifs is 1. The van der Waals surface area contributed by atoms with E-state index in [1.54, 1.807) is 0 Å². The molecule has 1 unspecified atom stereocenters. The van der Waals surface area contributed by atoms with Crippen LogP contribution in [0, 0.1) is 0 Å². The van der Waals surface area contributed by atoms with E-state index in [1.807, 2.05) is 0 Å². The molecule has 0 amide bonds. The van der Waals surface area contributed by atoms with Crippen LogP contribution in [0.3, 0.4) is 0 Å². The smallest absolute Gasteiger partial charge is 0.237 e. The van der Waals surface area contributed by atoms with Gasteiger partial charge >= 0.3 is 0 Å². The van der Waals surface area contributed by atoms with Crippen molar-refractivity contribution in [1.82, 2.24) is 10.3 Å². The highest BCUT2D eigenvalue weighted by Crippen LogP contribution is 2.29. The summed E-state index contributed by atoms with van der Waals surface area (Å²) in [6, 6.07) is 4.56. The van der Waals surface area contributed by atoms with E-state index in [1.165, 1.54) is 6.42 Å². The molecule has 4 heteroatoms. The van der Waals surface area contributed by atoms with E-state index in [4.69, 9.17) is 4.74 Å². The highest BCUT2D eigenvalue weighted by Gasteiger charge is 2.21. The van der Waals surface area contributed by atoms with Crippen molar-refractivity contribution in [3.8, 4) is 5.88 Å². The lowest BCUT2D eigenvalue weighted by Gasteiger charge is -2.28. The fourth-order valence-corrected chi connectivity index (χ4v) is 1.77. The summed E-state index contributed by atoms with van der Waals surface area (Å²) in [6.45, 7) is 2.68. The molecule has 1 aromatic rings. The number of anilines is 1. The van der Waals surface area contributed by atoms with Crippen molar-refractivity contribution >= 4 is 5.69 Å². The minimum absolute atomic E-state index is 0.436. The van der Waals surface area contributed by atoms with Crippen molar-refractivity contribution in [1.29, 1.82) is 0 Å². The number of ether oxygens (including phenoxy) is 1. The van der Waals surface area contributed by atoms with Crippen LogP contribution in [0.15, 0.2) is 12.1 Å². The van der Waals surface area contributed by atoms with E-state index >= 15 is 0 Å². The Morgan fingerprint density at radius 1 is 1.36 bits per heavy atom. The van der Waals surface area contributed by atoms with Gasteiger partial charge in [-0.3, -0.25) is 0 Å². The standard InChI is InChI=1S/C10H13N3O/c1-2-9-10(14-6-5-12-9)13-8(1)7-3-4-11-7/h1-2,7,11-12H,3-6H2. The van der Waals surface area contributed by atoms with Crippen molar-refractivity contribution in [3.63, 3.8) is 0 Å². The number of nitrogens with one attached hydrogen (secondary N) is 2. The van der Waals surface area contributed by atoms with Gasteiger partial charge in [-0.2, -0.15) is 0 Å². The molecular weight excluding hydrogens is 178 g/mol. The molecule has 14 heavy (non-hydrogen) atoms. The molecule has 0 aromatic carbocycles. The summed E-state index contributed by atoms with van der Waals surface area (Å²) in [7, 11) is 0. The first kappa shape index (κ1) is 8.05. The second-order valence-electron chi connectivity index (χ2n) is 3.66. The topological polar surface area (TPSA) is 46.2 Å². The molecule has 0 bridgehead atoms. The van der Waals surface area contributed by atoms with Crippen LogP contribution in [-0.4, -0.2) is 24.7 Å². The molecular formula is C10H13N3O. The van der Waals surface area contributed by atoms with E-state index in [9.17, 15) is 0 Å². The molecule has 2 N–H and O–H groups in total. The lowest BCUT2D eigenvalue weighted by molar-refractivity contribution is 0.304. The predicted octanol–water partition coefficient (Wildman–Crippen LogP) is 0.920. The number of nitrogens with zero attached hydrogens (tertiary/aromatic N) is 1. The minimum Gasteiger partial charge on any atom is -0.474 e. The van der Waals surface area contributed by atoms with Gasteiger partial charge in [0, 0.05) is 6.54 Å². The van der Waals surface area contributed by atoms with Gasteiger partial charge in [0.15, 0.2) is 0 Å². The molecule has 2 aliphatic rings. The molecule has 74 valence electrons. The third-order valence-corrected chi connectivity index (χ3v) is 2.72. The van der Waals surface area contributed by atoms with E-state index in [0.29, 0.717) is 12.6 Å². The normalized spacial score (nSPS) is 24.1. The molecule has 1 fully saturated rings. The fraction of sp³-hybridized carbons (Fsp3) is 0.500. The molecule has 0 saturated carbocycles. The van der Waals surface area contributed by atoms with Crippen LogP contribution in [0.5, 0.6) is 5.88 Å². The van der Waals surface area contributed by atoms with Crippen molar-refractivity contribution in [3.05, 3.63) is 17.8 Å². The van der Waals surface area contributed by atoms with Crippen molar-refractivity contribution in [2.45, 2.75) is 12.5 Å². The number of aromatic nitrogens is 1. The number of hydrogen-bond acceptors (Lipinski definition) is 4. The molecule has 3 rings (SSSR count). The Hall–Kier alpha value is -1.29. The van der Waals surface area contributed by atoms with Crippen molar-refractivity contribution in [2.24, 2.45) is 0 Å². The van der Waals surface area contributed by atoms with Crippen molar-refractivity contribution in [2.75, 3.05) is 25.0 Å². The van der Waals surface area contributed by atoms with E-state index in [2.05, 4.69) is 27.8 Å². The summed E-state index contributed by atoms with van der Waals surface area (Å²) in [5.74, 6) is 0.752. The molecule has 3 heterocycles. The maximum Gasteiger partial charge on any atom is 0.237 e. The second-order valence-corrected chi connectivity index (χ2v) is 3.66. The van der Waals surface area contributed by atoms with Crippen LogP contribution in [0.2, 0.25) is 0 Å². The number of hydrogen-bond donors (Lipinski definition) is 2. The maximum atomic E-state index is 5.48.